The van der Waals surface area contributed by atoms with Crippen LogP contribution in [0.3, 0.4) is 0 Å². The summed E-state index contributed by atoms with van der Waals surface area (Å²) in [6.45, 7) is 0. The molecule has 0 radical (unpaired) electrons. The van der Waals surface area contributed by atoms with Crippen molar-refractivity contribution >= 4 is 54.1 Å². The summed E-state index contributed by atoms with van der Waals surface area (Å²) in [6, 6.07) is 0. The van der Waals surface area contributed by atoms with E-state index < -0.39 is 0 Å². The van der Waals surface area contributed by atoms with Crippen LogP contribution in [0.5, 0.6) is 0 Å². The van der Waals surface area contributed by atoms with Gasteiger partial charge in [0.15, 0.2) is 0 Å². The summed E-state index contributed by atoms with van der Waals surface area (Å²) in [5.74, 6) is 0. The molecule has 4 heteroatoms. The average molecular weight is 323 g/mol. The Morgan fingerprint density at radius 2 is 1.89 bits per heavy atom. The fraction of sp³-hybridized carbons (Fsp3) is 0.800. The molecule has 0 aromatic rings. The Kier molecular flexibility index (Phi) is 5.45. The molecule has 0 aliphatic heterocycles. The third kappa shape index (κ3) is 9.11. The summed E-state index contributed by atoms with van der Waals surface area (Å²) in [4.78, 5) is 9.84. The molecule has 0 spiro atoms. The summed E-state index contributed by atoms with van der Waals surface area (Å²) < 4.78 is -0.171. The van der Waals surface area contributed by atoms with E-state index in [1.165, 1.54) is 0 Å². The van der Waals surface area contributed by atoms with E-state index in [-0.39, 0.29) is 2.14 Å². The highest BCUT2D eigenvalue weighted by Gasteiger charge is 2.15. The fourth-order valence-corrected chi connectivity index (χ4v) is 1.23. The van der Waals surface area contributed by atoms with Crippen LogP contribution in [0.25, 0.3) is 0 Å². The Bertz CT molecular complexity index is 86.7. The first-order valence-corrected chi connectivity index (χ1v) is 4.94. The fourth-order valence-electron chi connectivity index (χ4n) is 0.386. The Balaban J connectivity index is 3.17. The summed E-state index contributed by atoms with van der Waals surface area (Å²) in [5.41, 5.74) is 0. The second kappa shape index (κ2) is 4.85. The maximum atomic E-state index is 9.84. The van der Waals surface area contributed by atoms with Crippen molar-refractivity contribution in [2.24, 2.45) is 0 Å². The zero-order chi connectivity index (χ0) is 7.33. The molecule has 0 aliphatic carbocycles. The highest BCUT2D eigenvalue weighted by Crippen LogP contribution is 2.38. The molecule has 0 saturated carbocycles. The zero-order valence-electron chi connectivity index (χ0n) is 4.74. The first-order valence-electron chi connectivity index (χ1n) is 2.56. The maximum Gasteiger partial charge on any atom is 0.135 e. The molecular formula is C5H7Br3O. The molecule has 0 atom stereocenters. The first kappa shape index (κ1) is 10.1. The van der Waals surface area contributed by atoms with Crippen LogP contribution in [0.15, 0.2) is 0 Å². The van der Waals surface area contributed by atoms with Gasteiger partial charge in [0.25, 0.3) is 0 Å². The molecule has 9 heavy (non-hydrogen) atoms. The van der Waals surface area contributed by atoms with Crippen molar-refractivity contribution in [3.63, 3.8) is 0 Å². The Hall–Kier alpha value is 1.11. The van der Waals surface area contributed by atoms with E-state index >= 15 is 0 Å². The average Bonchev–Trinajstić information content (AvgIpc) is 1.63. The second-order valence-electron chi connectivity index (χ2n) is 1.67. The van der Waals surface area contributed by atoms with E-state index in [2.05, 4.69) is 47.8 Å². The van der Waals surface area contributed by atoms with Crippen LogP contribution in [0, 0.1) is 0 Å². The molecule has 0 amide bonds. The van der Waals surface area contributed by atoms with E-state index in [1.807, 2.05) is 0 Å². The predicted molar refractivity (Wildman–Crippen MR) is 49.4 cm³/mol. The van der Waals surface area contributed by atoms with Crippen LogP contribution in [0.4, 0.5) is 0 Å². The standard InChI is InChI=1S/C5H7Br3O/c6-5(7,8)3-1-2-4-9/h4H,1-3H2. The van der Waals surface area contributed by atoms with Gasteiger partial charge >= 0.3 is 0 Å². The summed E-state index contributed by atoms with van der Waals surface area (Å²) in [5, 5.41) is 0. The number of hydrogen-bond acceptors (Lipinski definition) is 1. The number of carbonyl (C=O) groups excluding carboxylic acids is 1. The van der Waals surface area contributed by atoms with Crippen LogP contribution in [-0.2, 0) is 4.79 Å². The largest absolute Gasteiger partial charge is 0.303 e. The van der Waals surface area contributed by atoms with E-state index in [9.17, 15) is 4.79 Å². The lowest BCUT2D eigenvalue weighted by Crippen LogP contribution is -1.97. The van der Waals surface area contributed by atoms with Gasteiger partial charge in [-0.3, -0.25) is 0 Å². The van der Waals surface area contributed by atoms with Gasteiger partial charge in [-0.15, -0.1) is 0 Å². The van der Waals surface area contributed by atoms with Crippen molar-refractivity contribution in [1.29, 1.82) is 0 Å². The van der Waals surface area contributed by atoms with E-state index in [1.54, 1.807) is 0 Å². The number of carbonyl (C=O) groups is 1. The monoisotopic (exact) mass is 320 g/mol. The molecule has 0 fully saturated rings. The zero-order valence-corrected chi connectivity index (χ0v) is 9.50. The first-order chi connectivity index (χ1) is 4.06. The molecule has 54 valence electrons. The van der Waals surface area contributed by atoms with Gasteiger partial charge in [0.05, 0.1) is 0 Å². The Labute approximate surface area is 80.0 Å². The van der Waals surface area contributed by atoms with Gasteiger partial charge in [-0.1, -0.05) is 47.8 Å². The summed E-state index contributed by atoms with van der Waals surface area (Å²) in [7, 11) is 0. The minimum absolute atomic E-state index is 0.171. The SMILES string of the molecule is O=CCCCC(Br)(Br)Br. The normalized spacial score (nSPS) is 11.4. The molecule has 0 unspecified atom stereocenters. The predicted octanol–water partition coefficient (Wildman–Crippen LogP) is 3.19. The summed E-state index contributed by atoms with van der Waals surface area (Å²) in [6.07, 6.45) is 3.35. The number of hydrogen-bond donors (Lipinski definition) is 0. The number of halogens is 3. The minimum Gasteiger partial charge on any atom is -0.303 e. The van der Waals surface area contributed by atoms with Gasteiger partial charge in [0, 0.05) is 6.42 Å². The minimum atomic E-state index is -0.171. The van der Waals surface area contributed by atoms with E-state index in [4.69, 9.17) is 0 Å². The van der Waals surface area contributed by atoms with E-state index in [0.29, 0.717) is 6.42 Å². The molecular weight excluding hydrogens is 316 g/mol. The van der Waals surface area contributed by atoms with Crippen molar-refractivity contribution in [2.75, 3.05) is 0 Å². The topological polar surface area (TPSA) is 17.1 Å². The van der Waals surface area contributed by atoms with Gasteiger partial charge in [-0.25, -0.2) is 0 Å². The Morgan fingerprint density at radius 3 is 2.22 bits per heavy atom. The van der Waals surface area contributed by atoms with Crippen molar-refractivity contribution < 1.29 is 4.79 Å². The molecule has 0 N–H and O–H groups in total. The molecule has 0 aliphatic rings. The number of aldehydes is 1. The van der Waals surface area contributed by atoms with Crippen molar-refractivity contribution in [3.05, 3.63) is 0 Å². The van der Waals surface area contributed by atoms with E-state index in [0.717, 1.165) is 19.1 Å². The third-order valence-electron chi connectivity index (χ3n) is 0.782. The van der Waals surface area contributed by atoms with Gasteiger partial charge in [-0.2, -0.15) is 0 Å². The highest BCUT2D eigenvalue weighted by atomic mass is 80.0. The van der Waals surface area contributed by atoms with Crippen LogP contribution in [-0.4, -0.2) is 8.43 Å². The maximum absolute atomic E-state index is 9.84. The molecule has 0 rings (SSSR count). The smallest absolute Gasteiger partial charge is 0.135 e. The summed E-state index contributed by atoms with van der Waals surface area (Å²) >= 11 is 9.98. The number of rotatable bonds is 3. The molecule has 0 bridgehead atoms. The number of unbranched alkanes of at least 4 members (excludes halogenated alkanes) is 1. The van der Waals surface area contributed by atoms with Gasteiger partial charge in [0.2, 0.25) is 0 Å². The van der Waals surface area contributed by atoms with Crippen LogP contribution in [0.2, 0.25) is 0 Å². The lowest BCUT2D eigenvalue weighted by molar-refractivity contribution is -0.107. The van der Waals surface area contributed by atoms with Crippen molar-refractivity contribution in [2.45, 2.75) is 21.4 Å². The molecule has 0 aromatic heterocycles. The van der Waals surface area contributed by atoms with Crippen LogP contribution < -0.4 is 0 Å². The van der Waals surface area contributed by atoms with Crippen molar-refractivity contribution in [3.8, 4) is 0 Å². The lowest BCUT2D eigenvalue weighted by Gasteiger charge is -2.08. The van der Waals surface area contributed by atoms with Gasteiger partial charge < -0.3 is 4.79 Å². The molecule has 0 saturated heterocycles. The van der Waals surface area contributed by atoms with Gasteiger partial charge in [-0.05, 0) is 12.8 Å². The van der Waals surface area contributed by atoms with Gasteiger partial charge in [0.1, 0.15) is 8.43 Å². The van der Waals surface area contributed by atoms with Crippen molar-refractivity contribution in [1.82, 2.24) is 0 Å². The van der Waals surface area contributed by atoms with Crippen LogP contribution >= 0.6 is 47.8 Å². The molecule has 0 heterocycles. The lowest BCUT2D eigenvalue weighted by atomic mass is 10.3. The second-order valence-corrected chi connectivity index (χ2v) is 8.93. The highest BCUT2D eigenvalue weighted by molar-refractivity contribution is 9.39. The quantitative estimate of drug-likeness (QED) is 0.443. The third-order valence-corrected chi connectivity index (χ3v) is 1.97. The molecule has 1 nitrogen and oxygen atoms in total. The van der Waals surface area contributed by atoms with Crippen LogP contribution in [0.1, 0.15) is 19.3 Å². The Morgan fingerprint density at radius 1 is 1.33 bits per heavy atom. The molecule has 0 aromatic carbocycles. The number of alkyl halides is 3.